The maximum atomic E-state index is 12.2. The van der Waals surface area contributed by atoms with E-state index in [2.05, 4.69) is 79.0 Å². The number of amides is 1. The van der Waals surface area contributed by atoms with Gasteiger partial charge < -0.3 is 20.4 Å². The Morgan fingerprint density at radius 1 is 1.30 bits per heavy atom. The van der Waals surface area contributed by atoms with Crippen molar-refractivity contribution in [3.05, 3.63) is 47.3 Å². The number of aromatic nitrogens is 4. The molecule has 0 fully saturated rings. The van der Waals surface area contributed by atoms with Gasteiger partial charge in [0, 0.05) is 49.5 Å². The van der Waals surface area contributed by atoms with Crippen molar-refractivity contribution in [1.29, 1.82) is 5.26 Å². The summed E-state index contributed by atoms with van der Waals surface area (Å²) >= 11 is 0. The Bertz CT molecular complexity index is 1470. The van der Waals surface area contributed by atoms with Crippen molar-refractivity contribution in [2.45, 2.75) is 71.1 Å². The molecule has 212 valence electrons. The number of benzene rings is 1. The summed E-state index contributed by atoms with van der Waals surface area (Å²) in [4.78, 5) is 21.3. The lowest BCUT2D eigenvalue weighted by molar-refractivity contribution is 0.0957. The highest BCUT2D eigenvalue weighted by atomic mass is 28.4. The van der Waals surface area contributed by atoms with Gasteiger partial charge in [0.25, 0.3) is 5.91 Å². The van der Waals surface area contributed by atoms with Gasteiger partial charge in [0.2, 0.25) is 5.95 Å². The molecule has 1 aromatic carbocycles. The average molecular weight is 561 g/mol. The smallest absolute Gasteiger partial charge is 0.271 e. The third-order valence-corrected chi connectivity index (χ3v) is 12.5. The second-order valence-corrected chi connectivity index (χ2v) is 17.3. The maximum absolute atomic E-state index is 12.2. The molecule has 1 aliphatic rings. The van der Waals surface area contributed by atoms with Crippen LogP contribution in [0.25, 0.3) is 11.3 Å². The number of hydrogen-bond donors (Lipinski definition) is 3. The van der Waals surface area contributed by atoms with Crippen molar-refractivity contribution in [2.75, 3.05) is 30.8 Å². The van der Waals surface area contributed by atoms with E-state index < -0.39 is 8.32 Å². The standard InChI is InChI=1S/C29H40N8O2Si/c1-18(2)37-24(14-23(36-37)26(38)31-7)35-27-32-11-10-22(34-27)19-12-20(15-30)25-21(13-19)29(6,16-33-25)17-39-40(8,9)28(3,4)5/h10-14,18,33H,16-17H2,1-9H3,(H,31,38)(H,32,34,35)/t29-/m1/s1. The predicted molar refractivity (Wildman–Crippen MR) is 160 cm³/mol. The molecule has 3 heterocycles. The van der Waals surface area contributed by atoms with Gasteiger partial charge in [-0.15, -0.1) is 0 Å². The number of fused-ring (bicyclic) bond motifs is 1. The fourth-order valence-electron chi connectivity index (χ4n) is 4.42. The number of nitrogens with one attached hydrogen (secondary N) is 3. The molecule has 4 rings (SSSR count). The molecule has 10 nitrogen and oxygen atoms in total. The third kappa shape index (κ3) is 5.60. The molecule has 40 heavy (non-hydrogen) atoms. The largest absolute Gasteiger partial charge is 0.416 e. The summed E-state index contributed by atoms with van der Waals surface area (Å²) in [5.74, 6) is 0.703. The van der Waals surface area contributed by atoms with Crippen LogP contribution in [0.5, 0.6) is 0 Å². The minimum Gasteiger partial charge on any atom is -0.416 e. The molecule has 0 unspecified atom stereocenters. The van der Waals surface area contributed by atoms with E-state index in [1.165, 1.54) is 0 Å². The lowest BCUT2D eigenvalue weighted by atomic mass is 9.83. The Labute approximate surface area is 237 Å². The highest BCUT2D eigenvalue weighted by molar-refractivity contribution is 6.74. The van der Waals surface area contributed by atoms with E-state index in [9.17, 15) is 10.1 Å². The third-order valence-electron chi connectivity index (χ3n) is 8.00. The Kier molecular flexibility index (Phi) is 7.80. The lowest BCUT2D eigenvalue weighted by Gasteiger charge is -2.39. The summed E-state index contributed by atoms with van der Waals surface area (Å²) in [5.41, 5.74) is 4.01. The Morgan fingerprint density at radius 2 is 2.02 bits per heavy atom. The summed E-state index contributed by atoms with van der Waals surface area (Å²) in [5, 5.41) is 23.8. The minimum atomic E-state index is -1.96. The van der Waals surface area contributed by atoms with Gasteiger partial charge in [0.15, 0.2) is 14.0 Å². The first kappa shape index (κ1) is 29.2. The van der Waals surface area contributed by atoms with Gasteiger partial charge in [0.1, 0.15) is 11.9 Å². The van der Waals surface area contributed by atoms with Gasteiger partial charge in [-0.1, -0.05) is 27.7 Å². The van der Waals surface area contributed by atoms with Crippen LogP contribution < -0.4 is 16.0 Å². The molecule has 0 saturated heterocycles. The summed E-state index contributed by atoms with van der Waals surface area (Å²) in [6.45, 7) is 18.7. The molecule has 11 heteroatoms. The second-order valence-electron chi connectivity index (χ2n) is 12.4. The average Bonchev–Trinajstić information content (AvgIpc) is 3.48. The first-order valence-corrected chi connectivity index (χ1v) is 16.5. The van der Waals surface area contributed by atoms with Gasteiger partial charge in [-0.05, 0) is 55.7 Å². The summed E-state index contributed by atoms with van der Waals surface area (Å²) in [6.07, 6.45) is 1.68. The molecule has 2 aromatic heterocycles. The second kappa shape index (κ2) is 10.7. The van der Waals surface area contributed by atoms with Crippen LogP contribution in [0.15, 0.2) is 30.5 Å². The number of anilines is 3. The summed E-state index contributed by atoms with van der Waals surface area (Å²) in [6, 6.07) is 9.85. The van der Waals surface area contributed by atoms with Crippen LogP contribution in [-0.4, -0.2) is 54.2 Å². The molecule has 3 aromatic rings. The molecule has 0 aliphatic carbocycles. The molecule has 0 radical (unpaired) electrons. The molecule has 1 amide bonds. The van der Waals surface area contributed by atoms with E-state index in [1.54, 1.807) is 24.0 Å². The van der Waals surface area contributed by atoms with E-state index >= 15 is 0 Å². The van der Waals surface area contributed by atoms with Gasteiger partial charge in [0.05, 0.1) is 16.9 Å². The number of carbonyl (C=O) groups is 1. The Hall–Kier alpha value is -3.75. The number of carbonyl (C=O) groups excluding carboxylic acids is 1. The first-order valence-electron chi connectivity index (χ1n) is 13.6. The van der Waals surface area contributed by atoms with Crippen LogP contribution in [0, 0.1) is 11.3 Å². The number of nitrogens with zero attached hydrogens (tertiary/aromatic N) is 5. The van der Waals surface area contributed by atoms with Crippen molar-refractivity contribution < 1.29 is 9.22 Å². The van der Waals surface area contributed by atoms with Crippen LogP contribution in [0.4, 0.5) is 17.5 Å². The zero-order chi connectivity index (χ0) is 29.5. The minimum absolute atomic E-state index is 0.0118. The Balaban J connectivity index is 1.68. The first-order chi connectivity index (χ1) is 18.7. The molecule has 0 saturated carbocycles. The number of nitriles is 1. The van der Waals surface area contributed by atoms with Crippen molar-refractivity contribution in [3.63, 3.8) is 0 Å². The fraction of sp³-hybridized carbons (Fsp3) is 0.483. The van der Waals surface area contributed by atoms with Gasteiger partial charge in [-0.25, -0.2) is 14.6 Å². The van der Waals surface area contributed by atoms with Crippen molar-refractivity contribution in [2.24, 2.45) is 0 Å². The summed E-state index contributed by atoms with van der Waals surface area (Å²) in [7, 11) is -0.387. The van der Waals surface area contributed by atoms with E-state index in [-0.39, 0.29) is 22.4 Å². The van der Waals surface area contributed by atoms with E-state index in [0.717, 1.165) is 16.8 Å². The quantitative estimate of drug-likeness (QED) is 0.304. The number of rotatable bonds is 8. The SMILES string of the molecule is CNC(=O)c1cc(Nc2nccc(-c3cc(C#N)c4c(c3)[C@@](C)(CO[Si](C)(C)C(C)(C)C)CN4)n2)n(C(C)C)n1. The molecule has 0 bridgehead atoms. The molecule has 3 N–H and O–H groups in total. The van der Waals surface area contributed by atoms with E-state index in [0.29, 0.717) is 41.9 Å². The van der Waals surface area contributed by atoms with Crippen LogP contribution >= 0.6 is 0 Å². The van der Waals surface area contributed by atoms with E-state index in [4.69, 9.17) is 9.41 Å². The Morgan fingerprint density at radius 3 is 2.65 bits per heavy atom. The van der Waals surface area contributed by atoms with Crippen molar-refractivity contribution in [3.8, 4) is 17.3 Å². The summed E-state index contributed by atoms with van der Waals surface area (Å²) < 4.78 is 8.37. The van der Waals surface area contributed by atoms with Crippen LogP contribution in [0.3, 0.4) is 0 Å². The lowest BCUT2D eigenvalue weighted by Crippen LogP contribution is -2.45. The van der Waals surface area contributed by atoms with Crippen LogP contribution in [-0.2, 0) is 9.84 Å². The number of hydrogen-bond acceptors (Lipinski definition) is 8. The van der Waals surface area contributed by atoms with Gasteiger partial charge in [-0.2, -0.15) is 10.4 Å². The zero-order valence-corrected chi connectivity index (χ0v) is 25.9. The predicted octanol–water partition coefficient (Wildman–Crippen LogP) is 5.60. The normalized spacial score (nSPS) is 16.8. The maximum Gasteiger partial charge on any atom is 0.271 e. The van der Waals surface area contributed by atoms with Crippen LogP contribution in [0.2, 0.25) is 18.1 Å². The van der Waals surface area contributed by atoms with E-state index in [1.807, 2.05) is 26.0 Å². The van der Waals surface area contributed by atoms with Gasteiger partial charge in [-0.3, -0.25) is 4.79 Å². The fourth-order valence-corrected chi connectivity index (χ4v) is 5.54. The monoisotopic (exact) mass is 560 g/mol. The molecule has 1 atom stereocenters. The molecular weight excluding hydrogens is 520 g/mol. The molecule has 1 aliphatic heterocycles. The highest BCUT2D eigenvalue weighted by Crippen LogP contribution is 2.44. The molecular formula is C29H40N8O2Si. The van der Waals surface area contributed by atoms with Crippen molar-refractivity contribution in [1.82, 2.24) is 25.1 Å². The van der Waals surface area contributed by atoms with Crippen molar-refractivity contribution >= 4 is 31.7 Å². The zero-order valence-electron chi connectivity index (χ0n) is 24.9. The van der Waals surface area contributed by atoms with Gasteiger partial charge >= 0.3 is 0 Å². The van der Waals surface area contributed by atoms with Crippen LogP contribution in [0.1, 0.15) is 69.2 Å². The highest BCUT2D eigenvalue weighted by Gasteiger charge is 2.42. The topological polar surface area (TPSA) is 130 Å². The molecule has 0 spiro atoms.